The minimum atomic E-state index is -4.87. The molecule has 1 unspecified atom stereocenters. The topological polar surface area (TPSA) is 117 Å². The second-order valence-electron chi connectivity index (χ2n) is 9.08. The number of H-pyrrole nitrogens is 1. The molecule has 1 aliphatic heterocycles. The van der Waals surface area contributed by atoms with Gasteiger partial charge in [0.15, 0.2) is 0 Å². The highest BCUT2D eigenvalue weighted by molar-refractivity contribution is 5.89. The molecule has 0 bridgehead atoms. The number of aliphatic carboxylic acids is 1. The maximum absolute atomic E-state index is 13.0. The predicted molar refractivity (Wildman–Crippen MR) is 132 cm³/mol. The highest BCUT2D eigenvalue weighted by atomic mass is 19.4. The largest absolute Gasteiger partial charge is 0.573 e. The molecule has 2 aliphatic rings. The molecule has 1 aliphatic carbocycles. The number of fused-ring (bicyclic) bond motifs is 3. The minimum Gasteiger partial charge on any atom is -0.481 e. The molecule has 0 saturated carbocycles. The molecule has 0 fully saturated rings. The Morgan fingerprint density at radius 3 is 2.84 bits per heavy atom. The van der Waals surface area contributed by atoms with Crippen molar-refractivity contribution in [3.05, 3.63) is 59.9 Å². The van der Waals surface area contributed by atoms with Crippen LogP contribution in [0.4, 0.5) is 18.9 Å². The zero-order chi connectivity index (χ0) is 26.4. The molecule has 0 spiro atoms. The lowest BCUT2D eigenvalue weighted by Crippen LogP contribution is -2.20. The number of aromatic nitrogens is 3. The van der Waals surface area contributed by atoms with Crippen LogP contribution < -0.4 is 9.64 Å². The molecule has 4 aromatic rings. The molecule has 0 amide bonds. The van der Waals surface area contributed by atoms with Crippen LogP contribution in [-0.2, 0) is 11.2 Å². The smallest absolute Gasteiger partial charge is 0.481 e. The van der Waals surface area contributed by atoms with E-state index in [2.05, 4.69) is 24.9 Å². The monoisotopic (exact) mass is 523 g/mol. The van der Waals surface area contributed by atoms with Gasteiger partial charge in [0.1, 0.15) is 12.4 Å². The third-order valence-corrected chi connectivity index (χ3v) is 6.59. The number of nitrogens with zero attached hydrogens (tertiary/aromatic N) is 4. The summed E-state index contributed by atoms with van der Waals surface area (Å²) >= 11 is 0. The lowest BCUT2D eigenvalue weighted by Gasteiger charge is -2.21. The Morgan fingerprint density at radius 2 is 2.08 bits per heavy atom. The highest BCUT2D eigenvalue weighted by Crippen LogP contribution is 2.40. The number of hydrogen-bond acceptors (Lipinski definition) is 7. The maximum atomic E-state index is 13.0. The summed E-state index contributed by atoms with van der Waals surface area (Å²) < 4.78 is 48.6. The number of aliphatic imine (C=N–C) groups is 1. The third kappa shape index (κ3) is 4.60. The predicted octanol–water partition coefficient (Wildman–Crippen LogP) is 5.65. The number of allylic oxidation sites excluding steroid dienone is 1. The fourth-order valence-corrected chi connectivity index (χ4v) is 4.98. The van der Waals surface area contributed by atoms with Crippen molar-refractivity contribution in [2.75, 3.05) is 11.6 Å². The van der Waals surface area contributed by atoms with Crippen molar-refractivity contribution in [3.8, 4) is 28.6 Å². The zero-order valence-electron chi connectivity index (χ0n) is 19.7. The van der Waals surface area contributed by atoms with Crippen LogP contribution in [0, 0.1) is 0 Å². The molecule has 38 heavy (non-hydrogen) atoms. The second kappa shape index (κ2) is 9.05. The van der Waals surface area contributed by atoms with E-state index in [-0.39, 0.29) is 36.3 Å². The number of halogens is 3. The van der Waals surface area contributed by atoms with Gasteiger partial charge in [0.2, 0.25) is 5.82 Å². The number of carbonyl (C=O) groups is 1. The van der Waals surface area contributed by atoms with Crippen molar-refractivity contribution in [2.24, 2.45) is 4.99 Å². The van der Waals surface area contributed by atoms with Crippen molar-refractivity contribution >= 4 is 28.8 Å². The number of carboxylic acids is 1. The van der Waals surface area contributed by atoms with Crippen LogP contribution in [0.15, 0.2) is 58.2 Å². The van der Waals surface area contributed by atoms with Crippen molar-refractivity contribution in [2.45, 2.75) is 31.5 Å². The lowest BCUT2D eigenvalue weighted by atomic mass is 10.0. The number of aromatic amines is 1. The SMILES string of the molecule is O=C(O)CC1CCc2c1[nH]c1ccc(-c3noc(-c4cc(OC(F)(F)F)cc(N5C=CC=NC5)c4)n3)cc21. The van der Waals surface area contributed by atoms with Gasteiger partial charge in [0.05, 0.1) is 6.42 Å². The van der Waals surface area contributed by atoms with Gasteiger partial charge in [-0.25, -0.2) is 0 Å². The number of carboxylic acid groups (broad SMARTS) is 1. The Labute approximate surface area is 213 Å². The summed E-state index contributed by atoms with van der Waals surface area (Å²) in [5.41, 5.74) is 4.23. The number of anilines is 1. The van der Waals surface area contributed by atoms with Gasteiger partial charge in [0.25, 0.3) is 5.89 Å². The van der Waals surface area contributed by atoms with E-state index >= 15 is 0 Å². The van der Waals surface area contributed by atoms with E-state index in [9.17, 15) is 23.1 Å². The van der Waals surface area contributed by atoms with Gasteiger partial charge in [-0.15, -0.1) is 13.2 Å². The minimum absolute atomic E-state index is 0.0271. The number of alkyl halides is 3. The zero-order valence-corrected chi connectivity index (χ0v) is 19.7. The van der Waals surface area contributed by atoms with E-state index in [1.165, 1.54) is 12.1 Å². The summed E-state index contributed by atoms with van der Waals surface area (Å²) in [5.74, 6) is -1.02. The van der Waals surface area contributed by atoms with E-state index < -0.39 is 18.1 Å². The molecule has 2 N–H and O–H groups in total. The quantitative estimate of drug-likeness (QED) is 0.335. The third-order valence-electron chi connectivity index (χ3n) is 6.59. The van der Waals surface area contributed by atoms with E-state index in [1.54, 1.807) is 35.5 Å². The molecule has 2 aromatic carbocycles. The summed E-state index contributed by atoms with van der Waals surface area (Å²) in [4.78, 5) is 24.8. The fraction of sp³-hybridized carbons (Fsp3) is 0.231. The van der Waals surface area contributed by atoms with Crippen LogP contribution in [0.3, 0.4) is 0 Å². The first kappa shape index (κ1) is 23.8. The molecule has 194 valence electrons. The average molecular weight is 523 g/mol. The number of aryl methyl sites for hydroxylation is 1. The highest BCUT2D eigenvalue weighted by Gasteiger charge is 2.32. The molecule has 3 heterocycles. The van der Waals surface area contributed by atoms with Gasteiger partial charge in [-0.1, -0.05) is 5.16 Å². The van der Waals surface area contributed by atoms with Gasteiger partial charge in [-0.05, 0) is 54.8 Å². The first-order valence-corrected chi connectivity index (χ1v) is 11.8. The van der Waals surface area contributed by atoms with E-state index in [0.29, 0.717) is 11.3 Å². The Kier molecular flexibility index (Phi) is 5.66. The summed E-state index contributed by atoms with van der Waals surface area (Å²) in [5, 5.41) is 14.2. The number of ether oxygens (including phenoxy) is 1. The van der Waals surface area contributed by atoms with E-state index in [1.807, 2.05) is 12.1 Å². The van der Waals surface area contributed by atoms with Crippen molar-refractivity contribution < 1.29 is 32.3 Å². The van der Waals surface area contributed by atoms with Crippen molar-refractivity contribution in [1.82, 2.24) is 15.1 Å². The molecular weight excluding hydrogens is 503 g/mol. The average Bonchev–Trinajstić information content (AvgIpc) is 3.59. The normalized spacial score (nSPS) is 16.8. The van der Waals surface area contributed by atoms with E-state index in [4.69, 9.17) is 4.52 Å². The van der Waals surface area contributed by atoms with Gasteiger partial charge in [0, 0.05) is 57.8 Å². The van der Waals surface area contributed by atoms with Gasteiger partial charge in [-0.3, -0.25) is 9.79 Å². The maximum Gasteiger partial charge on any atom is 0.573 e. The Bertz CT molecular complexity index is 1600. The van der Waals surface area contributed by atoms with E-state index in [0.717, 1.165) is 35.0 Å². The molecule has 12 heteroatoms. The van der Waals surface area contributed by atoms with Crippen LogP contribution in [0.25, 0.3) is 33.7 Å². The van der Waals surface area contributed by atoms with Crippen LogP contribution >= 0.6 is 0 Å². The van der Waals surface area contributed by atoms with Crippen molar-refractivity contribution in [3.63, 3.8) is 0 Å². The molecule has 1 atom stereocenters. The number of benzene rings is 2. The standard InChI is InChI=1S/C26H20F3N5O4/c27-26(28,29)37-18-9-16(8-17(12-18)34-7-1-6-30-13-34)25-32-24(33-38-25)15-3-5-21-20(10-15)19-4-2-14(11-22(35)36)23(19)31-21/h1,3,5-10,12,14,31H,2,4,11,13H2,(H,35,36). The lowest BCUT2D eigenvalue weighted by molar-refractivity contribution is -0.274. The molecule has 6 rings (SSSR count). The molecule has 9 nitrogen and oxygen atoms in total. The Morgan fingerprint density at radius 1 is 1.21 bits per heavy atom. The van der Waals surface area contributed by atoms with Crippen LogP contribution in [-0.4, -0.2) is 45.4 Å². The summed E-state index contributed by atoms with van der Waals surface area (Å²) in [7, 11) is 0. The number of hydrogen-bond donors (Lipinski definition) is 2. The summed E-state index contributed by atoms with van der Waals surface area (Å²) in [6.45, 7) is 0.231. The van der Waals surface area contributed by atoms with Crippen LogP contribution in [0.1, 0.15) is 30.0 Å². The van der Waals surface area contributed by atoms with Gasteiger partial charge in [-0.2, -0.15) is 4.98 Å². The van der Waals surface area contributed by atoms with Crippen molar-refractivity contribution in [1.29, 1.82) is 0 Å². The summed E-state index contributed by atoms with van der Waals surface area (Å²) in [6, 6.07) is 9.66. The molecule has 0 saturated heterocycles. The second-order valence-corrected chi connectivity index (χ2v) is 9.08. The first-order valence-electron chi connectivity index (χ1n) is 11.8. The first-order chi connectivity index (χ1) is 18.2. The van der Waals surface area contributed by atoms with Gasteiger partial charge < -0.3 is 24.3 Å². The molecular formula is C26H20F3N5O4. The number of rotatable bonds is 6. The Hall–Kier alpha value is -4.61. The van der Waals surface area contributed by atoms with Gasteiger partial charge >= 0.3 is 12.3 Å². The fourth-order valence-electron chi connectivity index (χ4n) is 4.98. The Balaban J connectivity index is 1.34. The number of nitrogens with one attached hydrogen (secondary N) is 1. The molecule has 2 aromatic heterocycles. The van der Waals surface area contributed by atoms with Crippen LogP contribution in [0.5, 0.6) is 5.75 Å². The van der Waals surface area contributed by atoms with Crippen LogP contribution in [0.2, 0.25) is 0 Å². The molecule has 0 radical (unpaired) electrons. The summed E-state index contributed by atoms with van der Waals surface area (Å²) in [6.07, 6.45) is 1.67.